The van der Waals surface area contributed by atoms with Gasteiger partial charge < -0.3 is 4.74 Å². The zero-order valence-electron chi connectivity index (χ0n) is 8.91. The van der Waals surface area contributed by atoms with Crippen LogP contribution in [0.1, 0.15) is 25.7 Å². The van der Waals surface area contributed by atoms with Crippen LogP contribution >= 0.6 is 15.9 Å². The van der Waals surface area contributed by atoms with Crippen molar-refractivity contribution in [3.05, 3.63) is 28.2 Å². The highest BCUT2D eigenvalue weighted by molar-refractivity contribution is 9.10. The van der Waals surface area contributed by atoms with Crippen LogP contribution < -0.4 is 4.74 Å². The van der Waals surface area contributed by atoms with Crippen molar-refractivity contribution < 1.29 is 13.9 Å². The predicted octanol–water partition coefficient (Wildman–Crippen LogP) is 3.54. The molecule has 1 atom stereocenters. The first-order chi connectivity index (χ1) is 7.54. The smallest absolute Gasteiger partial charge is 0.238 e. The topological polar surface area (TPSA) is 38.7 Å². The van der Waals surface area contributed by atoms with E-state index < -0.39 is 6.30 Å². The number of isocyanates is 1. The van der Waals surface area contributed by atoms with E-state index in [-0.39, 0.29) is 11.7 Å². The number of halogens is 2. The predicted molar refractivity (Wildman–Crippen MR) is 61.9 cm³/mol. The first kappa shape index (κ1) is 12.9. The summed E-state index contributed by atoms with van der Waals surface area (Å²) in [5.74, 6) is 0.626. The quantitative estimate of drug-likeness (QED) is 0.483. The molecule has 0 spiro atoms. The van der Waals surface area contributed by atoms with E-state index >= 15 is 0 Å². The van der Waals surface area contributed by atoms with Crippen molar-refractivity contribution in [3.8, 4) is 5.75 Å². The van der Waals surface area contributed by atoms with Gasteiger partial charge in [-0.1, -0.05) is 6.07 Å². The highest BCUT2D eigenvalue weighted by Crippen LogP contribution is 2.30. The van der Waals surface area contributed by atoms with E-state index in [1.54, 1.807) is 6.07 Å². The molecule has 1 aromatic rings. The van der Waals surface area contributed by atoms with Gasteiger partial charge in [0, 0.05) is 5.56 Å². The lowest BCUT2D eigenvalue weighted by atomic mass is 10.2. The Hall–Kier alpha value is -1.19. The summed E-state index contributed by atoms with van der Waals surface area (Å²) in [6.07, 6.45) is -0.455. The number of benzene rings is 1. The van der Waals surface area contributed by atoms with Gasteiger partial charge in [-0.15, -0.1) is 0 Å². The normalized spacial score (nSPS) is 12.1. The Morgan fingerprint density at radius 3 is 2.69 bits per heavy atom. The molecule has 86 valence electrons. The molecule has 0 bridgehead atoms. The molecule has 0 heterocycles. The molecule has 1 unspecified atom stereocenters. The van der Waals surface area contributed by atoms with Gasteiger partial charge in [0.05, 0.1) is 10.6 Å². The molecule has 3 nitrogen and oxygen atoms in total. The van der Waals surface area contributed by atoms with E-state index in [2.05, 4.69) is 20.9 Å². The summed E-state index contributed by atoms with van der Waals surface area (Å²) < 4.78 is 19.3. The van der Waals surface area contributed by atoms with Crippen LogP contribution in [0.15, 0.2) is 27.7 Å². The molecule has 1 aromatic carbocycles. The summed E-state index contributed by atoms with van der Waals surface area (Å²) in [6.45, 7) is 3.80. The summed E-state index contributed by atoms with van der Waals surface area (Å²) >= 11 is 3.26. The van der Waals surface area contributed by atoms with Crippen LogP contribution in [-0.4, -0.2) is 12.2 Å². The van der Waals surface area contributed by atoms with Crippen molar-refractivity contribution in [3.63, 3.8) is 0 Å². The monoisotopic (exact) mass is 287 g/mol. The Labute approximate surface area is 101 Å². The Balaban J connectivity index is 2.94. The van der Waals surface area contributed by atoms with Crippen LogP contribution in [-0.2, 0) is 4.79 Å². The van der Waals surface area contributed by atoms with Crippen LogP contribution in [0.2, 0.25) is 0 Å². The lowest BCUT2D eigenvalue weighted by Crippen LogP contribution is -2.06. The van der Waals surface area contributed by atoms with Crippen molar-refractivity contribution in [2.75, 3.05) is 0 Å². The molecule has 16 heavy (non-hydrogen) atoms. The van der Waals surface area contributed by atoms with E-state index in [1.165, 1.54) is 18.2 Å². The summed E-state index contributed by atoms with van der Waals surface area (Å²) in [5.41, 5.74) is 0.284. The van der Waals surface area contributed by atoms with Crippen molar-refractivity contribution in [2.45, 2.75) is 26.2 Å². The highest BCUT2D eigenvalue weighted by Gasteiger charge is 2.11. The van der Waals surface area contributed by atoms with Crippen LogP contribution in [0.5, 0.6) is 5.75 Å². The lowest BCUT2D eigenvalue weighted by molar-refractivity contribution is 0.240. The maximum Gasteiger partial charge on any atom is 0.238 e. The minimum atomic E-state index is -1.68. The third kappa shape index (κ3) is 3.43. The van der Waals surface area contributed by atoms with Crippen molar-refractivity contribution in [2.24, 2.45) is 4.99 Å². The number of rotatable bonds is 4. The standard InChI is InChI=1S/C11H11BrFNO2/c1-7(2)16-10-4-3-8(5-9(10)12)11(13)14-6-15/h3-5,7,11H,1-2H3. The molecule has 0 amide bonds. The van der Waals surface area contributed by atoms with Gasteiger partial charge in [-0.05, 0) is 41.9 Å². The van der Waals surface area contributed by atoms with E-state index in [9.17, 15) is 9.18 Å². The van der Waals surface area contributed by atoms with Crippen LogP contribution in [0.3, 0.4) is 0 Å². The van der Waals surface area contributed by atoms with E-state index in [4.69, 9.17) is 4.74 Å². The Bertz CT molecular complexity index is 416. The van der Waals surface area contributed by atoms with Gasteiger partial charge in [0.1, 0.15) is 5.75 Å². The van der Waals surface area contributed by atoms with Gasteiger partial charge in [-0.3, -0.25) is 0 Å². The fraction of sp³-hybridized carbons (Fsp3) is 0.364. The number of hydrogen-bond donors (Lipinski definition) is 0. The molecular weight excluding hydrogens is 277 g/mol. The summed E-state index contributed by atoms with van der Waals surface area (Å²) in [7, 11) is 0. The molecule has 0 aliphatic carbocycles. The van der Waals surface area contributed by atoms with E-state index in [0.717, 1.165) is 0 Å². The molecule has 0 saturated heterocycles. The molecule has 0 fully saturated rings. The zero-order chi connectivity index (χ0) is 12.1. The SMILES string of the molecule is CC(C)Oc1ccc(C(F)N=C=O)cc1Br. The van der Waals surface area contributed by atoms with Crippen molar-refractivity contribution in [1.29, 1.82) is 0 Å². The van der Waals surface area contributed by atoms with E-state index in [1.807, 2.05) is 13.8 Å². The third-order valence-corrected chi connectivity index (χ3v) is 2.38. The minimum absolute atomic E-state index is 0.0383. The molecule has 0 saturated carbocycles. The average molecular weight is 288 g/mol. The second kappa shape index (κ2) is 5.77. The van der Waals surface area contributed by atoms with Crippen LogP contribution in [0, 0.1) is 0 Å². The number of aliphatic imine (C=N–C) groups is 1. The minimum Gasteiger partial charge on any atom is -0.490 e. The van der Waals surface area contributed by atoms with Gasteiger partial charge in [-0.25, -0.2) is 9.18 Å². The van der Waals surface area contributed by atoms with Crippen molar-refractivity contribution >= 4 is 22.0 Å². The van der Waals surface area contributed by atoms with Gasteiger partial charge in [-0.2, -0.15) is 4.99 Å². The van der Waals surface area contributed by atoms with Crippen LogP contribution in [0.4, 0.5) is 4.39 Å². The van der Waals surface area contributed by atoms with Crippen LogP contribution in [0.25, 0.3) is 0 Å². The second-order valence-corrected chi connectivity index (χ2v) is 4.27. The van der Waals surface area contributed by atoms with Gasteiger partial charge in [0.2, 0.25) is 12.4 Å². The fourth-order valence-electron chi connectivity index (χ4n) is 1.14. The molecule has 1 rings (SSSR count). The van der Waals surface area contributed by atoms with Gasteiger partial charge in [0.15, 0.2) is 0 Å². The molecule has 0 N–H and O–H groups in total. The maximum absolute atomic E-state index is 13.2. The summed E-state index contributed by atoms with van der Waals surface area (Å²) in [4.78, 5) is 12.9. The Kier molecular flexibility index (Phi) is 4.65. The number of hydrogen-bond acceptors (Lipinski definition) is 3. The van der Waals surface area contributed by atoms with E-state index in [0.29, 0.717) is 10.2 Å². The molecular formula is C11H11BrFNO2. The third-order valence-electron chi connectivity index (χ3n) is 1.76. The zero-order valence-corrected chi connectivity index (χ0v) is 10.5. The molecule has 5 heteroatoms. The highest BCUT2D eigenvalue weighted by atomic mass is 79.9. The molecule has 0 aromatic heterocycles. The molecule has 0 aliphatic heterocycles. The maximum atomic E-state index is 13.2. The average Bonchev–Trinajstić information content (AvgIpc) is 2.20. The number of nitrogens with zero attached hydrogens (tertiary/aromatic N) is 1. The summed E-state index contributed by atoms with van der Waals surface area (Å²) in [5, 5.41) is 0. The Morgan fingerprint density at radius 2 is 2.19 bits per heavy atom. The number of alkyl halides is 1. The van der Waals surface area contributed by atoms with Gasteiger partial charge >= 0.3 is 0 Å². The Morgan fingerprint density at radius 1 is 1.50 bits per heavy atom. The molecule has 0 radical (unpaired) electrons. The fourth-order valence-corrected chi connectivity index (χ4v) is 1.63. The number of ether oxygens (including phenoxy) is 1. The summed E-state index contributed by atoms with van der Waals surface area (Å²) in [6, 6.07) is 4.68. The largest absolute Gasteiger partial charge is 0.490 e. The number of carbonyl (C=O) groups excluding carboxylic acids is 1. The lowest BCUT2D eigenvalue weighted by Gasteiger charge is -2.12. The first-order valence-corrected chi connectivity index (χ1v) is 5.51. The van der Waals surface area contributed by atoms with Gasteiger partial charge in [0.25, 0.3) is 0 Å². The molecule has 0 aliphatic rings. The first-order valence-electron chi connectivity index (χ1n) is 4.71. The van der Waals surface area contributed by atoms with Crippen molar-refractivity contribution in [1.82, 2.24) is 0 Å². The second-order valence-electron chi connectivity index (χ2n) is 3.41.